The first kappa shape index (κ1) is 14.8. The van der Waals surface area contributed by atoms with Crippen LogP contribution in [0.5, 0.6) is 0 Å². The van der Waals surface area contributed by atoms with E-state index in [-0.39, 0.29) is 6.04 Å². The number of piperazine rings is 1. The highest BCUT2D eigenvalue weighted by Crippen LogP contribution is 2.29. The Labute approximate surface area is 124 Å². The summed E-state index contributed by atoms with van der Waals surface area (Å²) < 4.78 is 1.16. The largest absolute Gasteiger partial charge is 0.368 e. The van der Waals surface area contributed by atoms with Crippen LogP contribution in [-0.4, -0.2) is 37.6 Å². The van der Waals surface area contributed by atoms with Crippen LogP contribution in [0.1, 0.15) is 31.9 Å². The molecule has 19 heavy (non-hydrogen) atoms. The van der Waals surface area contributed by atoms with Crippen LogP contribution >= 0.6 is 15.9 Å². The Morgan fingerprint density at radius 2 is 1.95 bits per heavy atom. The molecule has 2 N–H and O–H groups in total. The first-order valence-electron chi connectivity index (χ1n) is 7.14. The van der Waals surface area contributed by atoms with Crippen molar-refractivity contribution >= 4 is 21.6 Å². The molecular formula is C15H24BrN3. The third kappa shape index (κ3) is 3.71. The lowest BCUT2D eigenvalue weighted by molar-refractivity contribution is 0.258. The fraction of sp³-hybridized carbons (Fsp3) is 0.600. The highest BCUT2D eigenvalue weighted by molar-refractivity contribution is 9.10. The second-order valence-corrected chi connectivity index (χ2v) is 6.18. The Balaban J connectivity index is 2.03. The first-order valence-corrected chi connectivity index (χ1v) is 7.93. The van der Waals surface area contributed by atoms with Gasteiger partial charge in [0.2, 0.25) is 0 Å². The van der Waals surface area contributed by atoms with Gasteiger partial charge in [-0.05, 0) is 53.5 Å². The minimum Gasteiger partial charge on any atom is -0.368 e. The van der Waals surface area contributed by atoms with Gasteiger partial charge in [-0.1, -0.05) is 13.0 Å². The Hall–Kier alpha value is -0.580. The van der Waals surface area contributed by atoms with Crippen molar-refractivity contribution in [3.63, 3.8) is 0 Å². The molecule has 0 radical (unpaired) electrons. The number of nitrogens with two attached hydrogens (primary N) is 1. The summed E-state index contributed by atoms with van der Waals surface area (Å²) in [7, 11) is 0. The molecule has 1 saturated heterocycles. The number of benzene rings is 1. The van der Waals surface area contributed by atoms with Crippen molar-refractivity contribution in [3.05, 3.63) is 28.2 Å². The maximum atomic E-state index is 5.92. The van der Waals surface area contributed by atoms with Crippen molar-refractivity contribution < 1.29 is 0 Å². The van der Waals surface area contributed by atoms with Gasteiger partial charge in [0.1, 0.15) is 0 Å². The fourth-order valence-corrected chi connectivity index (χ4v) is 3.24. The molecule has 1 aromatic carbocycles. The molecule has 106 valence electrons. The maximum Gasteiger partial charge on any atom is 0.0511 e. The van der Waals surface area contributed by atoms with E-state index in [9.17, 15) is 0 Å². The molecule has 3 nitrogen and oxygen atoms in total. The maximum absolute atomic E-state index is 5.92. The zero-order chi connectivity index (χ0) is 13.8. The highest BCUT2D eigenvalue weighted by atomic mass is 79.9. The van der Waals surface area contributed by atoms with E-state index in [2.05, 4.69) is 50.9 Å². The minimum absolute atomic E-state index is 0.0896. The van der Waals surface area contributed by atoms with Crippen molar-refractivity contribution in [2.75, 3.05) is 37.6 Å². The van der Waals surface area contributed by atoms with E-state index in [0.717, 1.165) is 30.7 Å². The monoisotopic (exact) mass is 325 g/mol. The second kappa shape index (κ2) is 6.73. The summed E-state index contributed by atoms with van der Waals surface area (Å²) in [6.07, 6.45) is 1.24. The van der Waals surface area contributed by atoms with E-state index in [1.807, 2.05) is 6.92 Å². The lowest BCUT2D eigenvalue weighted by atomic mass is 10.1. The Morgan fingerprint density at radius 3 is 2.47 bits per heavy atom. The van der Waals surface area contributed by atoms with Crippen LogP contribution < -0.4 is 10.6 Å². The van der Waals surface area contributed by atoms with E-state index < -0.39 is 0 Å². The molecule has 1 heterocycles. The van der Waals surface area contributed by atoms with Gasteiger partial charge in [-0.15, -0.1) is 0 Å². The van der Waals surface area contributed by atoms with Crippen LogP contribution in [0.4, 0.5) is 5.69 Å². The molecule has 0 amide bonds. The molecule has 0 unspecified atom stereocenters. The molecule has 4 heteroatoms. The van der Waals surface area contributed by atoms with Gasteiger partial charge in [0, 0.05) is 36.7 Å². The second-order valence-electron chi connectivity index (χ2n) is 5.33. The predicted octanol–water partition coefficient (Wildman–Crippen LogP) is 3.00. The molecule has 1 aliphatic rings. The minimum atomic E-state index is 0.0896. The van der Waals surface area contributed by atoms with Gasteiger partial charge in [0.25, 0.3) is 0 Å². The molecule has 0 aromatic heterocycles. The predicted molar refractivity (Wildman–Crippen MR) is 85.7 cm³/mol. The standard InChI is InChI=1S/C15H24BrN3/c1-3-6-18-7-9-19(10-8-18)15-5-4-13(12(2)17)11-14(15)16/h4-5,11-12H,3,6-10,17H2,1-2H3/t12-/m0/s1. The van der Waals surface area contributed by atoms with E-state index in [4.69, 9.17) is 5.73 Å². The quantitative estimate of drug-likeness (QED) is 0.923. The molecule has 1 aliphatic heterocycles. The van der Waals surface area contributed by atoms with Crippen LogP contribution in [0.2, 0.25) is 0 Å². The van der Waals surface area contributed by atoms with Gasteiger partial charge in [0.05, 0.1) is 5.69 Å². The fourth-order valence-electron chi connectivity index (χ4n) is 2.59. The molecule has 2 rings (SSSR count). The summed E-state index contributed by atoms with van der Waals surface area (Å²) in [4.78, 5) is 5.00. The Morgan fingerprint density at radius 1 is 1.26 bits per heavy atom. The molecule has 1 aromatic rings. The van der Waals surface area contributed by atoms with E-state index in [1.54, 1.807) is 0 Å². The third-order valence-electron chi connectivity index (χ3n) is 3.75. The van der Waals surface area contributed by atoms with Gasteiger partial charge < -0.3 is 10.6 Å². The summed E-state index contributed by atoms with van der Waals surface area (Å²) in [5, 5.41) is 0. The van der Waals surface area contributed by atoms with Crippen molar-refractivity contribution in [3.8, 4) is 0 Å². The molecule has 0 aliphatic carbocycles. The molecular weight excluding hydrogens is 302 g/mol. The number of hydrogen-bond acceptors (Lipinski definition) is 3. The third-order valence-corrected chi connectivity index (χ3v) is 4.39. The van der Waals surface area contributed by atoms with Crippen LogP contribution in [0.15, 0.2) is 22.7 Å². The van der Waals surface area contributed by atoms with Crippen molar-refractivity contribution in [2.24, 2.45) is 5.73 Å². The van der Waals surface area contributed by atoms with Crippen molar-refractivity contribution in [1.82, 2.24) is 4.90 Å². The zero-order valence-corrected chi connectivity index (χ0v) is 13.5. The summed E-state index contributed by atoms with van der Waals surface area (Å²) in [6.45, 7) is 10.0. The average molecular weight is 326 g/mol. The number of rotatable bonds is 4. The molecule has 0 bridgehead atoms. The van der Waals surface area contributed by atoms with Gasteiger partial charge in [-0.25, -0.2) is 0 Å². The summed E-state index contributed by atoms with van der Waals surface area (Å²) in [5.41, 5.74) is 8.39. The van der Waals surface area contributed by atoms with E-state index in [0.29, 0.717) is 0 Å². The number of anilines is 1. The van der Waals surface area contributed by atoms with Crippen LogP contribution in [0.25, 0.3) is 0 Å². The van der Waals surface area contributed by atoms with Crippen molar-refractivity contribution in [2.45, 2.75) is 26.3 Å². The Bertz CT molecular complexity index is 412. The lowest BCUT2D eigenvalue weighted by Crippen LogP contribution is -2.46. The molecule has 0 saturated carbocycles. The normalized spacial score (nSPS) is 18.6. The number of halogens is 1. The number of hydrogen-bond donors (Lipinski definition) is 1. The molecule has 1 atom stereocenters. The van der Waals surface area contributed by atoms with E-state index in [1.165, 1.54) is 24.2 Å². The van der Waals surface area contributed by atoms with Gasteiger partial charge >= 0.3 is 0 Å². The molecule has 0 spiro atoms. The summed E-state index contributed by atoms with van der Waals surface area (Å²) in [5.74, 6) is 0. The zero-order valence-electron chi connectivity index (χ0n) is 11.9. The Kier molecular flexibility index (Phi) is 5.25. The van der Waals surface area contributed by atoms with Crippen LogP contribution in [0, 0.1) is 0 Å². The van der Waals surface area contributed by atoms with Gasteiger partial charge in [-0.2, -0.15) is 0 Å². The first-order chi connectivity index (χ1) is 9.11. The van der Waals surface area contributed by atoms with Crippen LogP contribution in [-0.2, 0) is 0 Å². The lowest BCUT2D eigenvalue weighted by Gasteiger charge is -2.36. The SMILES string of the molecule is CCCN1CCN(c2ccc([C@H](C)N)cc2Br)CC1. The number of nitrogens with zero attached hydrogens (tertiary/aromatic N) is 2. The summed E-state index contributed by atoms with van der Waals surface area (Å²) in [6, 6.07) is 6.58. The van der Waals surface area contributed by atoms with Gasteiger partial charge in [-0.3, -0.25) is 4.90 Å². The highest BCUT2D eigenvalue weighted by Gasteiger charge is 2.18. The smallest absolute Gasteiger partial charge is 0.0511 e. The van der Waals surface area contributed by atoms with Crippen molar-refractivity contribution in [1.29, 1.82) is 0 Å². The van der Waals surface area contributed by atoms with Gasteiger partial charge in [0.15, 0.2) is 0 Å². The summed E-state index contributed by atoms with van der Waals surface area (Å²) >= 11 is 3.69. The van der Waals surface area contributed by atoms with E-state index >= 15 is 0 Å². The van der Waals surface area contributed by atoms with Crippen LogP contribution in [0.3, 0.4) is 0 Å². The molecule has 1 fully saturated rings. The topological polar surface area (TPSA) is 32.5 Å². The average Bonchev–Trinajstić information content (AvgIpc) is 2.40.